The maximum Gasteiger partial charge on any atom is 0.175 e. The fourth-order valence-electron chi connectivity index (χ4n) is 4.08. The molecule has 8 nitrogen and oxygen atoms in total. The molecule has 5 rings (SSSR count). The van der Waals surface area contributed by atoms with Crippen LogP contribution in [0.1, 0.15) is 24.8 Å². The van der Waals surface area contributed by atoms with E-state index in [1.165, 1.54) is 24.5 Å². The predicted molar refractivity (Wildman–Crippen MR) is 119 cm³/mol. The lowest BCUT2D eigenvalue weighted by Crippen LogP contribution is -2.15. The summed E-state index contributed by atoms with van der Waals surface area (Å²) in [5.74, 6) is 5.25. The maximum absolute atomic E-state index is 6.09. The summed E-state index contributed by atoms with van der Waals surface area (Å²) in [7, 11) is 0. The lowest BCUT2D eigenvalue weighted by atomic mass is 10.0. The number of aromatic nitrogens is 4. The summed E-state index contributed by atoms with van der Waals surface area (Å²) in [5.41, 5.74) is 8.20. The summed E-state index contributed by atoms with van der Waals surface area (Å²) < 4.78 is 13.5. The Kier molecular flexibility index (Phi) is 5.57. The van der Waals surface area contributed by atoms with Crippen molar-refractivity contribution in [2.75, 3.05) is 32.0 Å². The Morgan fingerprint density at radius 3 is 2.87 bits per heavy atom. The second-order valence-corrected chi connectivity index (χ2v) is 8.73. The average molecular weight is 437 g/mol. The normalized spacial score (nSPS) is 17.7. The Bertz CT molecular complexity index is 1150. The Labute approximate surface area is 184 Å². The van der Waals surface area contributed by atoms with Gasteiger partial charge >= 0.3 is 0 Å². The van der Waals surface area contributed by atoms with E-state index in [-0.39, 0.29) is 0 Å². The maximum atomic E-state index is 6.09. The molecule has 2 aliphatic heterocycles. The van der Waals surface area contributed by atoms with Gasteiger partial charge in [0, 0.05) is 23.1 Å². The third-order valence-corrected chi connectivity index (χ3v) is 6.73. The number of hydrogen-bond acceptors (Lipinski definition) is 8. The van der Waals surface area contributed by atoms with Gasteiger partial charge in [0.05, 0.1) is 0 Å². The molecular weight excluding hydrogens is 412 g/mol. The smallest absolute Gasteiger partial charge is 0.175 e. The summed E-state index contributed by atoms with van der Waals surface area (Å²) >= 11 is 1.49. The van der Waals surface area contributed by atoms with Gasteiger partial charge in [-0.2, -0.15) is 0 Å². The third kappa shape index (κ3) is 4.01. The number of aryl methyl sites for hydroxylation is 1. The van der Waals surface area contributed by atoms with Crippen LogP contribution in [0.3, 0.4) is 0 Å². The van der Waals surface area contributed by atoms with Gasteiger partial charge in [0.2, 0.25) is 0 Å². The molecule has 4 heterocycles. The van der Waals surface area contributed by atoms with E-state index in [9.17, 15) is 0 Å². The second kappa shape index (κ2) is 8.65. The first-order valence-electron chi connectivity index (χ1n) is 10.5. The van der Waals surface area contributed by atoms with E-state index in [4.69, 9.17) is 26.6 Å². The van der Waals surface area contributed by atoms with Crippen LogP contribution >= 0.6 is 11.8 Å². The molecule has 1 unspecified atom stereocenters. The highest BCUT2D eigenvalue weighted by atomic mass is 32.2. The molecule has 1 aromatic carbocycles. The quantitative estimate of drug-likeness (QED) is 0.569. The molecule has 0 bridgehead atoms. The molecule has 0 amide bonds. The van der Waals surface area contributed by atoms with E-state index in [1.54, 1.807) is 0 Å². The molecule has 0 spiro atoms. The lowest BCUT2D eigenvalue weighted by molar-refractivity contribution is 0.171. The molecule has 3 N–H and O–H groups in total. The van der Waals surface area contributed by atoms with Gasteiger partial charge in [-0.25, -0.2) is 15.0 Å². The Hall–Kier alpha value is -2.96. The predicted octanol–water partition coefficient (Wildman–Crippen LogP) is 2.70. The highest BCUT2D eigenvalue weighted by Gasteiger charge is 2.21. The first-order valence-corrected chi connectivity index (χ1v) is 11.3. The van der Waals surface area contributed by atoms with Crippen LogP contribution in [-0.4, -0.2) is 45.8 Å². The molecule has 3 aromatic rings. The van der Waals surface area contributed by atoms with E-state index in [2.05, 4.69) is 25.8 Å². The van der Waals surface area contributed by atoms with Crippen molar-refractivity contribution in [2.24, 2.45) is 5.92 Å². The summed E-state index contributed by atoms with van der Waals surface area (Å²) in [6.45, 7) is 4.06. The number of fused-ring (bicyclic) bond motifs is 2. The van der Waals surface area contributed by atoms with Crippen LogP contribution in [0.4, 0.5) is 5.82 Å². The summed E-state index contributed by atoms with van der Waals surface area (Å²) in [4.78, 5) is 14.2. The number of anilines is 1. The van der Waals surface area contributed by atoms with Crippen molar-refractivity contribution in [3.05, 3.63) is 24.0 Å². The van der Waals surface area contributed by atoms with Crippen LogP contribution in [0.25, 0.3) is 11.2 Å². The summed E-state index contributed by atoms with van der Waals surface area (Å²) in [6.07, 6.45) is 10.7. The summed E-state index contributed by atoms with van der Waals surface area (Å²) in [5, 5.41) is 4.23. The monoisotopic (exact) mass is 436 g/mol. The zero-order valence-electron chi connectivity index (χ0n) is 17.1. The first-order chi connectivity index (χ1) is 15.2. The van der Waals surface area contributed by atoms with Crippen molar-refractivity contribution in [2.45, 2.75) is 35.9 Å². The van der Waals surface area contributed by atoms with Gasteiger partial charge in [-0.3, -0.25) is 0 Å². The van der Waals surface area contributed by atoms with Gasteiger partial charge in [0.15, 0.2) is 33.6 Å². The van der Waals surface area contributed by atoms with Crippen molar-refractivity contribution >= 4 is 28.7 Å². The van der Waals surface area contributed by atoms with Gasteiger partial charge < -0.3 is 25.1 Å². The molecule has 2 aromatic heterocycles. The molecule has 9 heteroatoms. The molecule has 1 fully saturated rings. The van der Waals surface area contributed by atoms with Crippen molar-refractivity contribution < 1.29 is 9.47 Å². The molecule has 1 atom stereocenters. The van der Waals surface area contributed by atoms with E-state index < -0.39 is 0 Å². The highest BCUT2D eigenvalue weighted by Crippen LogP contribution is 2.40. The molecular formula is C22H24N6O2S. The van der Waals surface area contributed by atoms with Crippen molar-refractivity contribution in [1.29, 1.82) is 0 Å². The van der Waals surface area contributed by atoms with Crippen molar-refractivity contribution in [3.63, 3.8) is 0 Å². The molecule has 0 aliphatic carbocycles. The largest absolute Gasteiger partial charge is 0.486 e. The van der Waals surface area contributed by atoms with Crippen LogP contribution in [0.5, 0.6) is 11.5 Å². The minimum Gasteiger partial charge on any atom is -0.486 e. The molecule has 1 saturated heterocycles. The van der Waals surface area contributed by atoms with Gasteiger partial charge in [-0.1, -0.05) is 17.7 Å². The van der Waals surface area contributed by atoms with Crippen LogP contribution < -0.4 is 20.5 Å². The molecule has 0 radical (unpaired) electrons. The molecule has 31 heavy (non-hydrogen) atoms. The number of hydrogen-bond donors (Lipinski definition) is 2. The minimum absolute atomic E-state index is 0.380. The number of benzene rings is 1. The van der Waals surface area contributed by atoms with Gasteiger partial charge in [0.1, 0.15) is 19.5 Å². The number of nitrogens with zero attached hydrogens (tertiary/aromatic N) is 4. The number of nitrogens with two attached hydrogens (primary N) is 1. The zero-order chi connectivity index (χ0) is 21.2. The summed E-state index contributed by atoms with van der Waals surface area (Å²) in [6, 6.07) is 3.78. The van der Waals surface area contributed by atoms with Gasteiger partial charge in [-0.15, -0.1) is 6.42 Å². The van der Waals surface area contributed by atoms with Crippen LogP contribution in [0, 0.1) is 18.3 Å². The molecule has 160 valence electrons. The topological polar surface area (TPSA) is 100 Å². The fourth-order valence-corrected chi connectivity index (χ4v) is 5.09. The number of rotatable bonds is 6. The van der Waals surface area contributed by atoms with Crippen molar-refractivity contribution in [3.8, 4) is 23.8 Å². The second-order valence-electron chi connectivity index (χ2n) is 7.72. The average Bonchev–Trinajstić information content (AvgIpc) is 3.42. The standard InChI is InChI=1S/C22H24N6O2S/c1-2-15-10-16-17(30-9-8-29-16)11-18(15)31-22-27-19-20(23)25-13-26-21(19)28(22)7-3-4-14-5-6-24-12-14/h1,10-11,13-14,24H,3-9,12H2,(H2,23,25,26). The number of terminal acetylenes is 1. The van der Waals surface area contributed by atoms with Crippen LogP contribution in [0.2, 0.25) is 0 Å². The Balaban J connectivity index is 1.47. The van der Waals surface area contributed by atoms with E-state index in [1.807, 2.05) is 12.1 Å². The highest BCUT2D eigenvalue weighted by molar-refractivity contribution is 7.99. The minimum atomic E-state index is 0.380. The third-order valence-electron chi connectivity index (χ3n) is 5.68. The van der Waals surface area contributed by atoms with E-state index in [0.29, 0.717) is 36.0 Å². The van der Waals surface area contributed by atoms with Crippen molar-refractivity contribution in [1.82, 2.24) is 24.8 Å². The van der Waals surface area contributed by atoms with Gasteiger partial charge in [-0.05, 0) is 44.3 Å². The Morgan fingerprint density at radius 2 is 2.10 bits per heavy atom. The number of nitrogen functional groups attached to an aromatic ring is 1. The fraction of sp³-hybridized carbons (Fsp3) is 0.409. The zero-order valence-corrected chi connectivity index (χ0v) is 18.0. The van der Waals surface area contributed by atoms with E-state index in [0.717, 1.165) is 59.7 Å². The van der Waals surface area contributed by atoms with E-state index >= 15 is 0 Å². The van der Waals surface area contributed by atoms with Gasteiger partial charge in [0.25, 0.3) is 0 Å². The van der Waals surface area contributed by atoms with Crippen LogP contribution in [0.15, 0.2) is 28.5 Å². The number of imidazole rings is 1. The Morgan fingerprint density at radius 1 is 1.26 bits per heavy atom. The first kappa shape index (κ1) is 20.0. The molecule has 0 saturated carbocycles. The number of nitrogens with one attached hydrogen (secondary N) is 1. The molecule has 2 aliphatic rings. The number of ether oxygens (including phenoxy) is 2. The van der Waals surface area contributed by atoms with Crippen LogP contribution in [-0.2, 0) is 6.54 Å². The SMILES string of the molecule is C#Cc1cc2c(cc1Sc1nc3c(N)ncnc3n1CCCC1CCNC1)OCCO2. The lowest BCUT2D eigenvalue weighted by Gasteiger charge is -2.20.